The van der Waals surface area contributed by atoms with E-state index in [2.05, 4.69) is 44.3 Å². The van der Waals surface area contributed by atoms with E-state index >= 15 is 0 Å². The predicted molar refractivity (Wildman–Crippen MR) is 73.3 cm³/mol. The Labute approximate surface area is 98.3 Å². The Kier molecular flexibility index (Phi) is 4.53. The lowest BCUT2D eigenvalue weighted by Gasteiger charge is -2.06. The first kappa shape index (κ1) is 12.3. The Morgan fingerprint density at radius 2 is 1.81 bits per heavy atom. The quantitative estimate of drug-likeness (QED) is 0.632. The van der Waals surface area contributed by atoms with Crippen molar-refractivity contribution in [2.75, 3.05) is 0 Å². The van der Waals surface area contributed by atoms with E-state index in [-0.39, 0.29) is 0 Å². The molecule has 0 amide bonds. The van der Waals surface area contributed by atoms with Crippen LogP contribution in [0.5, 0.6) is 0 Å². The molecule has 82 valence electrons. The minimum Gasteiger partial charge on any atom is -0.0984 e. The van der Waals surface area contributed by atoms with Gasteiger partial charge in [0.05, 0.1) is 0 Å². The highest BCUT2D eigenvalue weighted by molar-refractivity contribution is 5.80. The molecule has 0 spiro atoms. The summed E-state index contributed by atoms with van der Waals surface area (Å²) >= 11 is 0. The average molecular weight is 210 g/mol. The van der Waals surface area contributed by atoms with Gasteiger partial charge in [-0.25, -0.2) is 0 Å². The highest BCUT2D eigenvalue weighted by atomic mass is 14.1. The summed E-state index contributed by atoms with van der Waals surface area (Å²) in [4.78, 5) is 0. The molecule has 0 atom stereocenters. The summed E-state index contributed by atoms with van der Waals surface area (Å²) in [7, 11) is 0. The fourth-order valence-electron chi connectivity index (χ4n) is 1.41. The molecule has 0 aromatic heterocycles. The Morgan fingerprint density at radius 1 is 1.19 bits per heavy atom. The first-order valence-electron chi connectivity index (χ1n) is 5.40. The molecule has 0 aliphatic carbocycles. The van der Waals surface area contributed by atoms with E-state index in [1.54, 1.807) is 0 Å². The van der Waals surface area contributed by atoms with Crippen LogP contribution in [0.15, 0.2) is 67.3 Å². The van der Waals surface area contributed by atoms with Crippen LogP contribution >= 0.6 is 0 Å². The molecule has 0 radical (unpaired) electrons. The molecule has 1 aromatic carbocycles. The molecule has 0 saturated heterocycles. The number of hydrogen-bond donors (Lipinski definition) is 0. The van der Waals surface area contributed by atoms with Gasteiger partial charge in [0.25, 0.3) is 0 Å². The second kappa shape index (κ2) is 5.92. The van der Waals surface area contributed by atoms with Crippen LogP contribution in [0.4, 0.5) is 0 Å². The second-order valence-electron chi connectivity index (χ2n) is 3.70. The molecule has 0 aliphatic rings. The van der Waals surface area contributed by atoms with E-state index in [4.69, 9.17) is 0 Å². The number of rotatable bonds is 4. The van der Waals surface area contributed by atoms with E-state index in [0.717, 1.165) is 16.7 Å². The minimum atomic E-state index is 1.01. The van der Waals surface area contributed by atoms with Crippen LogP contribution in [-0.2, 0) is 0 Å². The smallest absolute Gasteiger partial charge is 0.0184 e. The second-order valence-corrected chi connectivity index (χ2v) is 3.70. The molecular weight excluding hydrogens is 192 g/mol. The monoisotopic (exact) mass is 210 g/mol. The third-order valence-electron chi connectivity index (χ3n) is 2.44. The van der Waals surface area contributed by atoms with Gasteiger partial charge >= 0.3 is 0 Å². The highest BCUT2D eigenvalue weighted by Gasteiger charge is 2.01. The van der Waals surface area contributed by atoms with E-state index < -0.39 is 0 Å². The molecule has 1 aromatic rings. The lowest BCUT2D eigenvalue weighted by molar-refractivity contribution is 1.45. The van der Waals surface area contributed by atoms with Gasteiger partial charge in [-0.15, -0.1) is 0 Å². The summed E-state index contributed by atoms with van der Waals surface area (Å²) < 4.78 is 0. The van der Waals surface area contributed by atoms with Crippen LogP contribution in [0.25, 0.3) is 5.57 Å². The molecule has 1 rings (SSSR count). The predicted octanol–water partition coefficient (Wildman–Crippen LogP) is 4.70. The van der Waals surface area contributed by atoms with Crippen molar-refractivity contribution in [3.8, 4) is 0 Å². The van der Waals surface area contributed by atoms with Gasteiger partial charge in [-0.3, -0.25) is 0 Å². The van der Waals surface area contributed by atoms with Crippen molar-refractivity contribution in [3.05, 3.63) is 78.4 Å². The third kappa shape index (κ3) is 3.09. The molecule has 16 heavy (non-hydrogen) atoms. The Bertz CT molecular complexity index is 428. The number of benzene rings is 1. The summed E-state index contributed by atoms with van der Waals surface area (Å²) in [6.45, 7) is 12.0. The first-order chi connectivity index (χ1) is 7.69. The van der Waals surface area contributed by atoms with Gasteiger partial charge < -0.3 is 0 Å². The van der Waals surface area contributed by atoms with Crippen LogP contribution in [0.1, 0.15) is 18.1 Å². The van der Waals surface area contributed by atoms with Crippen molar-refractivity contribution in [2.24, 2.45) is 0 Å². The van der Waals surface area contributed by atoms with Crippen molar-refractivity contribution in [1.82, 2.24) is 0 Å². The maximum Gasteiger partial charge on any atom is -0.0184 e. The molecule has 0 heteroatoms. The molecular formula is C16H18. The van der Waals surface area contributed by atoms with Crippen molar-refractivity contribution >= 4 is 5.57 Å². The molecule has 0 unspecified atom stereocenters. The fraction of sp³-hybridized carbons (Fsp3) is 0.125. The van der Waals surface area contributed by atoms with Gasteiger partial charge in [0, 0.05) is 0 Å². The number of aryl methyl sites for hydroxylation is 1. The van der Waals surface area contributed by atoms with Crippen molar-refractivity contribution in [1.29, 1.82) is 0 Å². The average Bonchev–Trinajstić information content (AvgIpc) is 2.30. The highest BCUT2D eigenvalue weighted by Crippen LogP contribution is 2.22. The zero-order valence-electron chi connectivity index (χ0n) is 10.0. The third-order valence-corrected chi connectivity index (χ3v) is 2.44. The van der Waals surface area contributed by atoms with Gasteiger partial charge in [-0.2, -0.15) is 0 Å². The van der Waals surface area contributed by atoms with Gasteiger partial charge in [-0.05, 0) is 30.6 Å². The summed E-state index contributed by atoms with van der Waals surface area (Å²) in [6, 6.07) is 8.36. The maximum atomic E-state index is 4.11. The van der Waals surface area contributed by atoms with Gasteiger partial charge in [0.1, 0.15) is 0 Å². The lowest BCUT2D eigenvalue weighted by atomic mass is 9.98. The van der Waals surface area contributed by atoms with Crippen LogP contribution < -0.4 is 0 Å². The molecule has 0 nitrogen and oxygen atoms in total. The topological polar surface area (TPSA) is 0 Å². The summed E-state index contributed by atoms with van der Waals surface area (Å²) in [5.74, 6) is 0. The Morgan fingerprint density at radius 3 is 2.31 bits per heavy atom. The van der Waals surface area contributed by atoms with Crippen LogP contribution in [-0.4, -0.2) is 0 Å². The normalized spacial score (nSPS) is 11.8. The van der Waals surface area contributed by atoms with E-state index in [0.29, 0.717) is 0 Å². The molecule has 0 N–H and O–H groups in total. The van der Waals surface area contributed by atoms with Gasteiger partial charge in [0.2, 0.25) is 0 Å². The van der Waals surface area contributed by atoms with Crippen LogP contribution in [0.2, 0.25) is 0 Å². The molecule has 0 fully saturated rings. The lowest BCUT2D eigenvalue weighted by Crippen LogP contribution is -1.85. The van der Waals surface area contributed by atoms with E-state index in [1.165, 1.54) is 5.56 Å². The zero-order chi connectivity index (χ0) is 12.0. The maximum absolute atomic E-state index is 4.11. The van der Waals surface area contributed by atoms with Gasteiger partial charge in [-0.1, -0.05) is 67.3 Å². The minimum absolute atomic E-state index is 1.01. The zero-order valence-corrected chi connectivity index (χ0v) is 10.0. The standard InChI is InChI=1S/C16H18/c1-5-7-8-15(6-2)14(4)16-11-9-13(3)10-12-16/h5-12H,2,4H2,1,3H3/b7-5-,15-8+. The van der Waals surface area contributed by atoms with Gasteiger partial charge in [0.15, 0.2) is 0 Å². The Hall–Kier alpha value is -1.82. The molecule has 0 bridgehead atoms. The fourth-order valence-corrected chi connectivity index (χ4v) is 1.41. The van der Waals surface area contributed by atoms with Crippen molar-refractivity contribution in [2.45, 2.75) is 13.8 Å². The summed E-state index contributed by atoms with van der Waals surface area (Å²) in [6.07, 6.45) is 7.85. The number of allylic oxidation sites excluding steroid dienone is 6. The molecule has 0 heterocycles. The molecule has 0 aliphatic heterocycles. The van der Waals surface area contributed by atoms with E-state index in [1.807, 2.05) is 31.2 Å². The largest absolute Gasteiger partial charge is 0.0984 e. The molecule has 0 saturated carbocycles. The van der Waals surface area contributed by atoms with Crippen LogP contribution in [0.3, 0.4) is 0 Å². The van der Waals surface area contributed by atoms with Crippen molar-refractivity contribution < 1.29 is 0 Å². The summed E-state index contributed by atoms with van der Waals surface area (Å²) in [5, 5.41) is 0. The van der Waals surface area contributed by atoms with E-state index in [9.17, 15) is 0 Å². The SMILES string of the molecule is C=C/C(=C\C=C/C)C(=C)c1ccc(C)cc1. The number of hydrogen-bond acceptors (Lipinski definition) is 0. The first-order valence-corrected chi connectivity index (χ1v) is 5.40. The summed E-state index contributed by atoms with van der Waals surface area (Å²) in [5.41, 5.74) is 4.46. The Balaban J connectivity index is 3.00. The van der Waals surface area contributed by atoms with Crippen LogP contribution in [0, 0.1) is 6.92 Å². The van der Waals surface area contributed by atoms with Crippen molar-refractivity contribution in [3.63, 3.8) is 0 Å².